The molecule has 0 fully saturated rings. The molecule has 0 aliphatic heterocycles. The summed E-state index contributed by atoms with van der Waals surface area (Å²) in [4.78, 5) is 0.381. The van der Waals surface area contributed by atoms with E-state index >= 15 is 0 Å². The van der Waals surface area contributed by atoms with Gasteiger partial charge in [-0.05, 0) is 50.4 Å². The first-order chi connectivity index (χ1) is 9.79. The summed E-state index contributed by atoms with van der Waals surface area (Å²) in [7, 11) is -3.50. The van der Waals surface area contributed by atoms with Crippen molar-refractivity contribution in [3.8, 4) is 0 Å². The molecule has 0 saturated carbocycles. The topological polar surface area (TPSA) is 58.2 Å². The summed E-state index contributed by atoms with van der Waals surface area (Å²) in [5, 5.41) is 3.24. The van der Waals surface area contributed by atoms with Crippen LogP contribution in [0.1, 0.15) is 51.7 Å². The van der Waals surface area contributed by atoms with Crippen molar-refractivity contribution in [2.45, 2.75) is 64.4 Å². The fourth-order valence-corrected chi connectivity index (χ4v) is 4.02. The lowest BCUT2D eigenvalue weighted by molar-refractivity contribution is 0.388. The summed E-state index contributed by atoms with van der Waals surface area (Å²) in [6.07, 6.45) is 1.53. The van der Waals surface area contributed by atoms with Crippen molar-refractivity contribution >= 4 is 10.0 Å². The highest BCUT2D eigenvalue weighted by atomic mass is 32.2. The van der Waals surface area contributed by atoms with E-state index in [-0.39, 0.29) is 0 Å². The first-order valence-electron chi connectivity index (χ1n) is 7.62. The van der Waals surface area contributed by atoms with Crippen LogP contribution in [0.25, 0.3) is 0 Å². The second-order valence-corrected chi connectivity index (χ2v) is 7.34. The third kappa shape index (κ3) is 4.53. The zero-order valence-electron chi connectivity index (χ0n) is 13.8. The van der Waals surface area contributed by atoms with Crippen LogP contribution in [0.15, 0.2) is 23.1 Å². The Kier molecular flexibility index (Phi) is 6.38. The van der Waals surface area contributed by atoms with E-state index in [1.54, 1.807) is 6.07 Å². The molecule has 0 heterocycles. The van der Waals surface area contributed by atoms with E-state index in [0.29, 0.717) is 11.4 Å². The van der Waals surface area contributed by atoms with Crippen LogP contribution in [-0.2, 0) is 16.6 Å². The maximum Gasteiger partial charge on any atom is 0.241 e. The molecular weight excluding hydrogens is 284 g/mol. The van der Waals surface area contributed by atoms with Crippen molar-refractivity contribution in [3.05, 3.63) is 29.3 Å². The van der Waals surface area contributed by atoms with Crippen molar-refractivity contribution in [2.24, 2.45) is 0 Å². The van der Waals surface area contributed by atoms with Crippen LogP contribution < -0.4 is 10.0 Å². The predicted molar refractivity (Wildman–Crippen MR) is 87.9 cm³/mol. The van der Waals surface area contributed by atoms with Gasteiger partial charge in [0.05, 0.1) is 4.90 Å². The lowest BCUT2D eigenvalue weighted by atomic mass is 9.98. The van der Waals surface area contributed by atoms with E-state index in [2.05, 4.69) is 10.0 Å². The van der Waals surface area contributed by atoms with E-state index in [4.69, 9.17) is 0 Å². The Balaban J connectivity index is 3.14. The lowest BCUT2D eigenvalue weighted by Crippen LogP contribution is -2.45. The molecule has 21 heavy (non-hydrogen) atoms. The summed E-state index contributed by atoms with van der Waals surface area (Å²) in [5.74, 6) is 0. The molecule has 0 amide bonds. The Hall–Kier alpha value is -0.910. The fraction of sp³-hybridized carbons (Fsp3) is 0.625. The van der Waals surface area contributed by atoms with Crippen molar-refractivity contribution in [2.75, 3.05) is 6.54 Å². The van der Waals surface area contributed by atoms with Crippen LogP contribution in [0.3, 0.4) is 0 Å². The minimum absolute atomic E-state index is 0.381. The summed E-state index contributed by atoms with van der Waals surface area (Å²) in [6, 6.07) is 5.46. The summed E-state index contributed by atoms with van der Waals surface area (Å²) in [6.45, 7) is 11.4. The smallest absolute Gasteiger partial charge is 0.241 e. The Morgan fingerprint density at radius 2 is 1.76 bits per heavy atom. The van der Waals surface area contributed by atoms with Gasteiger partial charge in [0, 0.05) is 12.1 Å². The Morgan fingerprint density at radius 3 is 2.29 bits per heavy atom. The Morgan fingerprint density at radius 1 is 1.14 bits per heavy atom. The molecule has 0 aliphatic rings. The van der Waals surface area contributed by atoms with Gasteiger partial charge in [0.25, 0.3) is 0 Å². The highest BCUT2D eigenvalue weighted by Crippen LogP contribution is 2.23. The maximum atomic E-state index is 12.7. The molecule has 0 saturated heterocycles. The van der Waals surface area contributed by atoms with Gasteiger partial charge in [-0.1, -0.05) is 32.9 Å². The van der Waals surface area contributed by atoms with Gasteiger partial charge in [-0.15, -0.1) is 0 Å². The molecule has 0 atom stereocenters. The predicted octanol–water partition coefficient (Wildman–Crippen LogP) is 2.96. The normalized spacial score (nSPS) is 12.6. The quantitative estimate of drug-likeness (QED) is 0.776. The molecule has 120 valence electrons. The second-order valence-electron chi connectivity index (χ2n) is 5.69. The van der Waals surface area contributed by atoms with E-state index in [1.807, 2.05) is 46.8 Å². The lowest BCUT2D eigenvalue weighted by Gasteiger charge is -2.28. The van der Waals surface area contributed by atoms with Crippen LogP contribution in [0, 0.1) is 6.92 Å². The van der Waals surface area contributed by atoms with Crippen LogP contribution >= 0.6 is 0 Å². The first-order valence-corrected chi connectivity index (χ1v) is 9.11. The summed E-state index contributed by atoms with van der Waals surface area (Å²) in [5.41, 5.74) is 1.44. The van der Waals surface area contributed by atoms with E-state index < -0.39 is 15.6 Å². The first kappa shape index (κ1) is 18.1. The zero-order valence-corrected chi connectivity index (χ0v) is 14.6. The molecule has 1 aromatic rings. The highest BCUT2D eigenvalue weighted by molar-refractivity contribution is 7.89. The molecule has 5 heteroatoms. The zero-order chi connectivity index (χ0) is 16.1. The molecule has 0 aliphatic carbocycles. The fourth-order valence-electron chi connectivity index (χ4n) is 2.18. The standard InChI is InChI=1S/C16H28N2O2S/c1-6-16(5,7-2)18-21(19,20)15-11-9-10-14(13(15)4)12-17-8-3/h9-11,17-18H,6-8,12H2,1-5H3. The summed E-state index contributed by atoms with van der Waals surface area (Å²) < 4.78 is 28.2. The largest absolute Gasteiger partial charge is 0.313 e. The molecule has 0 spiro atoms. The van der Waals surface area contributed by atoms with Crippen molar-refractivity contribution < 1.29 is 8.42 Å². The number of nitrogens with one attached hydrogen (secondary N) is 2. The molecule has 0 aromatic heterocycles. The number of benzene rings is 1. The second kappa shape index (κ2) is 7.38. The average Bonchev–Trinajstić information content (AvgIpc) is 2.45. The maximum absolute atomic E-state index is 12.7. The van der Waals surface area contributed by atoms with Crippen molar-refractivity contribution in [1.29, 1.82) is 0 Å². The van der Waals surface area contributed by atoms with Gasteiger partial charge in [-0.3, -0.25) is 0 Å². The molecule has 4 nitrogen and oxygen atoms in total. The van der Waals surface area contributed by atoms with Gasteiger partial charge in [0.15, 0.2) is 0 Å². The third-order valence-corrected chi connectivity index (χ3v) is 5.98. The molecule has 1 rings (SSSR count). The molecule has 0 radical (unpaired) electrons. The molecule has 1 aromatic carbocycles. The van der Waals surface area contributed by atoms with Gasteiger partial charge in [-0.25, -0.2) is 13.1 Å². The number of sulfonamides is 1. The molecule has 0 unspecified atom stereocenters. The van der Waals surface area contributed by atoms with E-state index in [1.165, 1.54) is 0 Å². The average molecular weight is 312 g/mol. The van der Waals surface area contributed by atoms with Crippen LogP contribution in [0.5, 0.6) is 0 Å². The minimum Gasteiger partial charge on any atom is -0.313 e. The molecular formula is C16H28N2O2S. The monoisotopic (exact) mass is 312 g/mol. The van der Waals surface area contributed by atoms with Crippen molar-refractivity contribution in [3.63, 3.8) is 0 Å². The molecule has 0 bridgehead atoms. The minimum atomic E-state index is -3.50. The van der Waals surface area contributed by atoms with Gasteiger partial charge in [0.1, 0.15) is 0 Å². The SMILES string of the molecule is CCNCc1cccc(S(=O)(=O)NC(C)(CC)CC)c1C. The van der Waals surface area contributed by atoms with Crippen LogP contribution in [0.4, 0.5) is 0 Å². The van der Waals surface area contributed by atoms with Crippen LogP contribution in [-0.4, -0.2) is 20.5 Å². The van der Waals surface area contributed by atoms with Gasteiger partial charge in [0.2, 0.25) is 10.0 Å². The number of hydrogen-bond donors (Lipinski definition) is 2. The van der Waals surface area contributed by atoms with Crippen molar-refractivity contribution in [1.82, 2.24) is 10.0 Å². The number of hydrogen-bond acceptors (Lipinski definition) is 3. The highest BCUT2D eigenvalue weighted by Gasteiger charge is 2.28. The molecule has 2 N–H and O–H groups in total. The summed E-state index contributed by atoms with van der Waals surface area (Å²) >= 11 is 0. The van der Waals surface area contributed by atoms with Gasteiger partial charge >= 0.3 is 0 Å². The Bertz CT molecular complexity index is 564. The number of rotatable bonds is 8. The Labute approximate surface area is 129 Å². The van der Waals surface area contributed by atoms with Gasteiger partial charge in [-0.2, -0.15) is 0 Å². The third-order valence-electron chi connectivity index (χ3n) is 4.19. The van der Waals surface area contributed by atoms with Crippen LogP contribution in [0.2, 0.25) is 0 Å². The van der Waals surface area contributed by atoms with E-state index in [0.717, 1.165) is 30.5 Å². The van der Waals surface area contributed by atoms with E-state index in [9.17, 15) is 8.42 Å². The van der Waals surface area contributed by atoms with Gasteiger partial charge < -0.3 is 5.32 Å².